The normalized spacial score (nSPS) is 16.4. The first kappa shape index (κ1) is 11.6. The highest BCUT2D eigenvalue weighted by atomic mass is 32.1. The van der Waals surface area contributed by atoms with Gasteiger partial charge in [0.25, 0.3) is 0 Å². The van der Waals surface area contributed by atoms with Crippen molar-refractivity contribution in [2.75, 3.05) is 5.32 Å². The fourth-order valence-electron chi connectivity index (χ4n) is 2.43. The van der Waals surface area contributed by atoms with Crippen molar-refractivity contribution >= 4 is 17.3 Å². The van der Waals surface area contributed by atoms with Crippen LogP contribution in [-0.2, 0) is 0 Å². The first-order chi connectivity index (χ1) is 9.72. The standard InChI is InChI=1S/C14H13N5S/c1-8-3-4-10(9(2)7-8)11-16-14-17-12(19(14)18-11)13-15-5-6-20-13/h3-7,12H,1-2H3,(H,16,17,18). The first-order valence-corrected chi connectivity index (χ1v) is 7.30. The molecule has 100 valence electrons. The maximum Gasteiger partial charge on any atom is 0.226 e. The highest BCUT2D eigenvalue weighted by molar-refractivity contribution is 7.09. The monoisotopic (exact) mass is 283 g/mol. The zero-order valence-electron chi connectivity index (χ0n) is 11.2. The number of hydrogen-bond acceptors (Lipinski definition) is 5. The Kier molecular flexibility index (Phi) is 2.40. The molecule has 5 nitrogen and oxygen atoms in total. The van der Waals surface area contributed by atoms with E-state index in [1.54, 1.807) is 11.3 Å². The largest absolute Gasteiger partial charge is 0.327 e. The highest BCUT2D eigenvalue weighted by Gasteiger charge is 2.32. The van der Waals surface area contributed by atoms with E-state index < -0.39 is 0 Å². The molecule has 1 aromatic carbocycles. The summed E-state index contributed by atoms with van der Waals surface area (Å²) in [6, 6.07) is 6.32. The lowest BCUT2D eigenvalue weighted by atomic mass is 10.1. The van der Waals surface area contributed by atoms with Gasteiger partial charge in [0, 0.05) is 17.1 Å². The van der Waals surface area contributed by atoms with Gasteiger partial charge in [0.15, 0.2) is 12.0 Å². The Labute approximate surface area is 120 Å². The average molecular weight is 283 g/mol. The second-order valence-electron chi connectivity index (χ2n) is 4.94. The molecular formula is C14H13N5S. The Morgan fingerprint density at radius 2 is 2.20 bits per heavy atom. The van der Waals surface area contributed by atoms with E-state index in [1.807, 2.05) is 16.3 Å². The number of aromatic nitrogens is 4. The van der Waals surface area contributed by atoms with Crippen LogP contribution in [0.4, 0.5) is 5.95 Å². The summed E-state index contributed by atoms with van der Waals surface area (Å²) < 4.78 is 1.90. The molecule has 1 aliphatic rings. The molecule has 0 aliphatic carbocycles. The fraction of sp³-hybridized carbons (Fsp3) is 0.214. The fourth-order valence-corrected chi connectivity index (χ4v) is 3.10. The SMILES string of the molecule is Cc1ccc(-c2nc3n(n2)C(c2nccs2)N3)c(C)c1. The minimum absolute atomic E-state index is 0.0250. The van der Waals surface area contributed by atoms with E-state index in [2.05, 4.69) is 52.4 Å². The predicted molar refractivity (Wildman–Crippen MR) is 78.8 cm³/mol. The molecule has 3 aromatic rings. The first-order valence-electron chi connectivity index (χ1n) is 6.42. The van der Waals surface area contributed by atoms with Gasteiger partial charge in [-0.05, 0) is 19.4 Å². The maximum absolute atomic E-state index is 4.60. The van der Waals surface area contributed by atoms with Crippen molar-refractivity contribution in [2.45, 2.75) is 20.0 Å². The van der Waals surface area contributed by atoms with Crippen LogP contribution in [0.25, 0.3) is 11.4 Å². The van der Waals surface area contributed by atoms with Crippen molar-refractivity contribution in [3.05, 3.63) is 45.9 Å². The van der Waals surface area contributed by atoms with Gasteiger partial charge < -0.3 is 5.32 Å². The second kappa shape index (κ2) is 4.14. The summed E-state index contributed by atoms with van der Waals surface area (Å²) in [5, 5.41) is 10.9. The zero-order chi connectivity index (χ0) is 13.7. The molecule has 3 heterocycles. The van der Waals surface area contributed by atoms with Gasteiger partial charge in [-0.25, -0.2) is 9.67 Å². The molecule has 0 saturated heterocycles. The third kappa shape index (κ3) is 1.65. The van der Waals surface area contributed by atoms with Crippen molar-refractivity contribution in [3.8, 4) is 11.4 Å². The van der Waals surface area contributed by atoms with Crippen LogP contribution in [0, 0.1) is 13.8 Å². The Hall–Kier alpha value is -2.21. The van der Waals surface area contributed by atoms with Gasteiger partial charge in [-0.15, -0.1) is 16.4 Å². The van der Waals surface area contributed by atoms with E-state index >= 15 is 0 Å². The summed E-state index contributed by atoms with van der Waals surface area (Å²) in [7, 11) is 0. The van der Waals surface area contributed by atoms with Crippen LogP contribution in [0.1, 0.15) is 22.3 Å². The summed E-state index contributed by atoms with van der Waals surface area (Å²) in [6.07, 6.45) is 1.83. The van der Waals surface area contributed by atoms with E-state index in [1.165, 1.54) is 11.1 Å². The van der Waals surface area contributed by atoms with Gasteiger partial charge in [-0.1, -0.05) is 23.8 Å². The maximum atomic E-state index is 4.60. The molecule has 2 aromatic heterocycles. The molecule has 6 heteroatoms. The summed E-state index contributed by atoms with van der Waals surface area (Å²) in [5.41, 5.74) is 3.53. The van der Waals surface area contributed by atoms with E-state index in [0.29, 0.717) is 0 Å². The van der Waals surface area contributed by atoms with E-state index in [9.17, 15) is 0 Å². The number of benzene rings is 1. The van der Waals surface area contributed by atoms with Gasteiger partial charge in [0.1, 0.15) is 5.01 Å². The summed E-state index contributed by atoms with van der Waals surface area (Å²) in [4.78, 5) is 8.85. The smallest absolute Gasteiger partial charge is 0.226 e. The lowest BCUT2D eigenvalue weighted by Crippen LogP contribution is -2.32. The third-order valence-electron chi connectivity index (χ3n) is 3.45. The molecule has 20 heavy (non-hydrogen) atoms. The molecule has 0 bridgehead atoms. The van der Waals surface area contributed by atoms with Crippen LogP contribution in [-0.4, -0.2) is 19.7 Å². The van der Waals surface area contributed by atoms with Crippen LogP contribution in [0.2, 0.25) is 0 Å². The molecule has 4 rings (SSSR count). The Morgan fingerprint density at radius 1 is 1.30 bits per heavy atom. The van der Waals surface area contributed by atoms with Gasteiger partial charge in [0.05, 0.1) is 0 Å². The average Bonchev–Trinajstić information content (AvgIpc) is 3.01. The van der Waals surface area contributed by atoms with Crippen LogP contribution in [0.5, 0.6) is 0 Å². The Balaban J connectivity index is 1.73. The van der Waals surface area contributed by atoms with Crippen LogP contribution < -0.4 is 5.32 Å². The van der Waals surface area contributed by atoms with Crippen molar-refractivity contribution in [2.24, 2.45) is 0 Å². The number of rotatable bonds is 2. The minimum atomic E-state index is 0.0250. The minimum Gasteiger partial charge on any atom is -0.327 e. The molecule has 0 spiro atoms. The van der Waals surface area contributed by atoms with E-state index in [0.717, 1.165) is 22.3 Å². The van der Waals surface area contributed by atoms with Crippen LogP contribution in [0.15, 0.2) is 29.8 Å². The lowest BCUT2D eigenvalue weighted by Gasteiger charge is -2.26. The van der Waals surface area contributed by atoms with Crippen LogP contribution in [0.3, 0.4) is 0 Å². The molecule has 0 fully saturated rings. The molecule has 0 saturated carbocycles. The summed E-state index contributed by atoms with van der Waals surface area (Å²) >= 11 is 1.62. The van der Waals surface area contributed by atoms with Gasteiger partial charge in [-0.3, -0.25) is 0 Å². The lowest BCUT2D eigenvalue weighted by molar-refractivity contribution is 0.508. The quantitative estimate of drug-likeness (QED) is 0.785. The highest BCUT2D eigenvalue weighted by Crippen LogP contribution is 2.34. The Morgan fingerprint density at radius 3 is 2.95 bits per heavy atom. The van der Waals surface area contributed by atoms with Crippen molar-refractivity contribution in [3.63, 3.8) is 0 Å². The molecule has 1 aliphatic heterocycles. The molecule has 1 N–H and O–H groups in total. The number of fused-ring (bicyclic) bond motifs is 1. The van der Waals surface area contributed by atoms with Crippen molar-refractivity contribution < 1.29 is 0 Å². The van der Waals surface area contributed by atoms with Crippen LogP contribution >= 0.6 is 11.3 Å². The molecular weight excluding hydrogens is 270 g/mol. The number of thiazole rings is 1. The topological polar surface area (TPSA) is 55.6 Å². The Bertz CT molecular complexity index is 775. The van der Waals surface area contributed by atoms with Crippen molar-refractivity contribution in [1.82, 2.24) is 19.7 Å². The zero-order valence-corrected chi connectivity index (χ0v) is 12.0. The number of hydrogen-bond donors (Lipinski definition) is 1. The van der Waals surface area contributed by atoms with Gasteiger partial charge >= 0.3 is 0 Å². The van der Waals surface area contributed by atoms with E-state index in [-0.39, 0.29) is 6.17 Å². The second-order valence-corrected chi connectivity index (χ2v) is 5.87. The number of nitrogens with zero attached hydrogens (tertiary/aromatic N) is 4. The molecule has 0 radical (unpaired) electrons. The molecule has 0 amide bonds. The number of anilines is 1. The third-order valence-corrected chi connectivity index (χ3v) is 4.28. The number of nitrogens with one attached hydrogen (secondary N) is 1. The van der Waals surface area contributed by atoms with Gasteiger partial charge in [-0.2, -0.15) is 4.98 Å². The molecule has 1 unspecified atom stereocenters. The number of aryl methyl sites for hydroxylation is 2. The van der Waals surface area contributed by atoms with Crippen molar-refractivity contribution in [1.29, 1.82) is 0 Å². The van der Waals surface area contributed by atoms with E-state index in [4.69, 9.17) is 0 Å². The molecule has 1 atom stereocenters. The summed E-state index contributed by atoms with van der Waals surface area (Å²) in [6.45, 7) is 4.18. The summed E-state index contributed by atoms with van der Waals surface area (Å²) in [5.74, 6) is 1.57. The predicted octanol–water partition coefficient (Wildman–Crippen LogP) is 2.99. The van der Waals surface area contributed by atoms with Gasteiger partial charge in [0.2, 0.25) is 5.95 Å².